The van der Waals surface area contributed by atoms with E-state index in [1.165, 1.54) is 51.5 Å². The van der Waals surface area contributed by atoms with Crippen molar-refractivity contribution in [3.05, 3.63) is 0 Å². The van der Waals surface area contributed by atoms with Crippen molar-refractivity contribution in [1.29, 1.82) is 0 Å². The summed E-state index contributed by atoms with van der Waals surface area (Å²) >= 11 is 0. The Labute approximate surface area is 104 Å². The molecule has 2 heterocycles. The molecule has 0 aromatic rings. The summed E-state index contributed by atoms with van der Waals surface area (Å²) in [5, 5.41) is 3.78. The summed E-state index contributed by atoms with van der Waals surface area (Å²) in [5.41, 5.74) is 0.283. The quantitative estimate of drug-likeness (QED) is 0.818. The van der Waals surface area contributed by atoms with Crippen molar-refractivity contribution in [2.45, 2.75) is 56.6 Å². The van der Waals surface area contributed by atoms with E-state index in [4.69, 9.17) is 9.47 Å². The lowest BCUT2D eigenvalue weighted by Gasteiger charge is -2.47. The van der Waals surface area contributed by atoms with E-state index >= 15 is 0 Å². The topological polar surface area (TPSA) is 30.5 Å². The molecule has 0 aromatic carbocycles. The summed E-state index contributed by atoms with van der Waals surface area (Å²) in [6.45, 7) is 4.07. The maximum Gasteiger partial charge on any atom is 0.0697 e. The van der Waals surface area contributed by atoms with Crippen LogP contribution in [0, 0.1) is 5.92 Å². The lowest BCUT2D eigenvalue weighted by Crippen LogP contribution is -2.51. The Morgan fingerprint density at radius 3 is 2.59 bits per heavy atom. The average molecular weight is 239 g/mol. The molecule has 0 aromatic heterocycles. The number of ether oxygens (including phenoxy) is 2. The SMILES string of the molecule is C1CC2(C1)CC(NCC1CCOCC1)CCO2. The Morgan fingerprint density at radius 2 is 1.88 bits per heavy atom. The molecule has 98 valence electrons. The minimum Gasteiger partial charge on any atom is -0.381 e. The van der Waals surface area contributed by atoms with Gasteiger partial charge in [-0.25, -0.2) is 0 Å². The first-order valence-corrected chi connectivity index (χ1v) is 7.31. The molecule has 3 heteroatoms. The minimum atomic E-state index is 0.283. The fraction of sp³-hybridized carbons (Fsp3) is 1.00. The number of hydrogen-bond donors (Lipinski definition) is 1. The third-order valence-corrected chi connectivity index (χ3v) is 4.79. The van der Waals surface area contributed by atoms with Gasteiger partial charge in [0.15, 0.2) is 0 Å². The van der Waals surface area contributed by atoms with E-state index in [0.29, 0.717) is 6.04 Å². The zero-order chi connectivity index (χ0) is 11.6. The highest BCUT2D eigenvalue weighted by molar-refractivity contribution is 4.96. The van der Waals surface area contributed by atoms with Crippen molar-refractivity contribution in [1.82, 2.24) is 5.32 Å². The monoisotopic (exact) mass is 239 g/mol. The molecular formula is C14H25NO2. The van der Waals surface area contributed by atoms with Crippen molar-refractivity contribution in [3.8, 4) is 0 Å². The van der Waals surface area contributed by atoms with Crippen LogP contribution in [-0.4, -0.2) is 38.0 Å². The fourth-order valence-corrected chi connectivity index (χ4v) is 3.41. The molecule has 1 saturated carbocycles. The van der Waals surface area contributed by atoms with Crippen molar-refractivity contribution in [3.63, 3.8) is 0 Å². The summed E-state index contributed by atoms with van der Waals surface area (Å²) in [4.78, 5) is 0. The van der Waals surface area contributed by atoms with E-state index < -0.39 is 0 Å². The second-order valence-electron chi connectivity index (χ2n) is 6.04. The number of hydrogen-bond acceptors (Lipinski definition) is 3. The zero-order valence-electron chi connectivity index (χ0n) is 10.7. The Bertz CT molecular complexity index is 247. The molecule has 1 unspecified atom stereocenters. The van der Waals surface area contributed by atoms with E-state index in [9.17, 15) is 0 Å². The molecule has 17 heavy (non-hydrogen) atoms. The van der Waals surface area contributed by atoms with Gasteiger partial charge in [-0.05, 0) is 57.4 Å². The van der Waals surface area contributed by atoms with Gasteiger partial charge in [0, 0.05) is 25.9 Å². The number of rotatable bonds is 3. The van der Waals surface area contributed by atoms with Crippen LogP contribution in [0.4, 0.5) is 0 Å². The van der Waals surface area contributed by atoms with E-state index in [2.05, 4.69) is 5.32 Å². The van der Waals surface area contributed by atoms with Gasteiger partial charge in [0.25, 0.3) is 0 Å². The summed E-state index contributed by atoms with van der Waals surface area (Å²) in [6, 6.07) is 0.701. The first-order valence-electron chi connectivity index (χ1n) is 7.31. The molecule has 0 radical (unpaired) electrons. The Hall–Kier alpha value is -0.120. The third kappa shape index (κ3) is 2.83. The van der Waals surface area contributed by atoms with Gasteiger partial charge >= 0.3 is 0 Å². The average Bonchev–Trinajstić information content (AvgIpc) is 2.36. The van der Waals surface area contributed by atoms with Crippen LogP contribution in [0.5, 0.6) is 0 Å². The molecule has 2 saturated heterocycles. The van der Waals surface area contributed by atoms with Gasteiger partial charge in [-0.15, -0.1) is 0 Å². The molecule has 1 spiro atoms. The predicted molar refractivity (Wildman–Crippen MR) is 67.1 cm³/mol. The molecule has 1 aliphatic carbocycles. The van der Waals surface area contributed by atoms with Crippen LogP contribution in [0.2, 0.25) is 0 Å². The predicted octanol–water partition coefficient (Wildman–Crippen LogP) is 2.10. The molecule has 0 bridgehead atoms. The molecular weight excluding hydrogens is 214 g/mol. The lowest BCUT2D eigenvalue weighted by atomic mass is 9.74. The van der Waals surface area contributed by atoms with Gasteiger partial charge in [-0.2, -0.15) is 0 Å². The van der Waals surface area contributed by atoms with Crippen LogP contribution in [0.1, 0.15) is 44.9 Å². The second-order valence-corrected chi connectivity index (χ2v) is 6.04. The summed E-state index contributed by atoms with van der Waals surface area (Å²) in [6.07, 6.45) is 8.88. The van der Waals surface area contributed by atoms with Crippen molar-refractivity contribution >= 4 is 0 Å². The largest absolute Gasteiger partial charge is 0.381 e. The first-order chi connectivity index (χ1) is 8.36. The van der Waals surface area contributed by atoms with Gasteiger partial charge in [-0.3, -0.25) is 0 Å². The maximum atomic E-state index is 5.96. The second kappa shape index (κ2) is 5.25. The van der Waals surface area contributed by atoms with Gasteiger partial charge in [0.1, 0.15) is 0 Å². The Balaban J connectivity index is 1.41. The van der Waals surface area contributed by atoms with Crippen LogP contribution >= 0.6 is 0 Å². The van der Waals surface area contributed by atoms with Gasteiger partial charge < -0.3 is 14.8 Å². The lowest BCUT2D eigenvalue weighted by molar-refractivity contribution is -0.135. The van der Waals surface area contributed by atoms with Gasteiger partial charge in [0.2, 0.25) is 0 Å². The summed E-state index contributed by atoms with van der Waals surface area (Å²) in [5.74, 6) is 0.837. The Kier molecular flexibility index (Phi) is 3.69. The molecule has 1 N–H and O–H groups in total. The van der Waals surface area contributed by atoms with Gasteiger partial charge in [0.05, 0.1) is 5.60 Å². The van der Waals surface area contributed by atoms with E-state index in [1.54, 1.807) is 0 Å². The first kappa shape index (κ1) is 11.9. The molecule has 3 fully saturated rings. The molecule has 3 nitrogen and oxygen atoms in total. The van der Waals surface area contributed by atoms with Crippen LogP contribution in [-0.2, 0) is 9.47 Å². The minimum absolute atomic E-state index is 0.283. The highest BCUT2D eigenvalue weighted by atomic mass is 16.5. The summed E-state index contributed by atoms with van der Waals surface area (Å²) < 4.78 is 11.4. The fourth-order valence-electron chi connectivity index (χ4n) is 3.41. The van der Waals surface area contributed by atoms with Crippen molar-refractivity contribution in [2.75, 3.05) is 26.4 Å². The van der Waals surface area contributed by atoms with Gasteiger partial charge in [-0.1, -0.05) is 0 Å². The van der Waals surface area contributed by atoms with E-state index in [-0.39, 0.29) is 5.60 Å². The standard InChI is InChI=1S/C14H25NO2/c1-5-14(6-1)10-13(4-9-17-14)15-11-12-2-7-16-8-3-12/h12-13,15H,1-11H2. The van der Waals surface area contributed by atoms with Crippen molar-refractivity contribution in [2.24, 2.45) is 5.92 Å². The molecule has 0 amide bonds. The van der Waals surface area contributed by atoms with Crippen LogP contribution in [0.25, 0.3) is 0 Å². The highest BCUT2D eigenvalue weighted by Crippen LogP contribution is 2.42. The third-order valence-electron chi connectivity index (χ3n) is 4.79. The highest BCUT2D eigenvalue weighted by Gasteiger charge is 2.42. The van der Waals surface area contributed by atoms with Crippen LogP contribution in [0.3, 0.4) is 0 Å². The number of nitrogens with one attached hydrogen (secondary N) is 1. The molecule has 1 atom stereocenters. The Morgan fingerprint density at radius 1 is 1.06 bits per heavy atom. The van der Waals surface area contributed by atoms with Crippen LogP contribution < -0.4 is 5.32 Å². The van der Waals surface area contributed by atoms with Crippen molar-refractivity contribution < 1.29 is 9.47 Å². The molecule has 2 aliphatic heterocycles. The van der Waals surface area contributed by atoms with E-state index in [0.717, 1.165) is 25.7 Å². The molecule has 3 rings (SSSR count). The van der Waals surface area contributed by atoms with E-state index in [1.807, 2.05) is 0 Å². The summed E-state index contributed by atoms with van der Waals surface area (Å²) in [7, 11) is 0. The zero-order valence-corrected chi connectivity index (χ0v) is 10.7. The molecule has 3 aliphatic rings. The van der Waals surface area contributed by atoms with Crippen LogP contribution in [0.15, 0.2) is 0 Å². The maximum absolute atomic E-state index is 5.96. The smallest absolute Gasteiger partial charge is 0.0697 e. The normalized spacial score (nSPS) is 33.5.